The van der Waals surface area contributed by atoms with Gasteiger partial charge in [-0.3, -0.25) is 9.59 Å². The third-order valence-corrected chi connectivity index (χ3v) is 3.46. The summed E-state index contributed by atoms with van der Waals surface area (Å²) >= 11 is 0. The van der Waals surface area contributed by atoms with Crippen LogP contribution in [0.1, 0.15) is 43.2 Å². The predicted octanol–water partition coefficient (Wildman–Crippen LogP) is 1.66. The number of nitrogens with zero attached hydrogens (tertiary/aromatic N) is 1. The number of rotatable bonds is 5. The first-order valence-electron chi connectivity index (χ1n) is 6.15. The molecule has 0 bridgehead atoms. The van der Waals surface area contributed by atoms with Crippen molar-refractivity contribution >= 4 is 11.9 Å². The minimum absolute atomic E-state index is 0.204. The number of aliphatic carboxylic acids is 1. The second-order valence-electron chi connectivity index (χ2n) is 5.16. The highest BCUT2D eigenvalue weighted by molar-refractivity contribution is 5.93. The molecule has 1 saturated carbocycles. The van der Waals surface area contributed by atoms with E-state index in [-0.39, 0.29) is 18.5 Å². The predicted molar refractivity (Wildman–Crippen MR) is 66.5 cm³/mol. The van der Waals surface area contributed by atoms with E-state index in [1.165, 1.54) is 0 Å². The Morgan fingerprint density at radius 1 is 1.50 bits per heavy atom. The van der Waals surface area contributed by atoms with E-state index < -0.39 is 11.4 Å². The summed E-state index contributed by atoms with van der Waals surface area (Å²) in [6.07, 6.45) is 3.14. The molecule has 0 spiro atoms. The van der Waals surface area contributed by atoms with Crippen LogP contribution in [0, 0.1) is 5.41 Å². The number of aromatic nitrogens is 1. The van der Waals surface area contributed by atoms with Gasteiger partial charge in [0.25, 0.3) is 5.91 Å². The summed E-state index contributed by atoms with van der Waals surface area (Å²) in [6.45, 7) is 4.21. The summed E-state index contributed by atoms with van der Waals surface area (Å²) in [5.41, 5.74) is -0.142. The van der Waals surface area contributed by atoms with Gasteiger partial charge in [-0.1, -0.05) is 0 Å². The van der Waals surface area contributed by atoms with Crippen LogP contribution in [-0.2, 0) is 4.79 Å². The number of hydrogen-bond donors (Lipinski definition) is 2. The van der Waals surface area contributed by atoms with Crippen LogP contribution in [0.5, 0.6) is 0 Å². The maximum absolute atomic E-state index is 12.0. The largest absolute Gasteiger partial charge is 0.481 e. The van der Waals surface area contributed by atoms with Gasteiger partial charge in [0.2, 0.25) is 0 Å². The number of carboxylic acid groups (broad SMARTS) is 1. The van der Waals surface area contributed by atoms with Crippen molar-refractivity contribution in [1.29, 1.82) is 0 Å². The molecule has 2 N–H and O–H groups in total. The molecule has 5 heteroatoms. The summed E-state index contributed by atoms with van der Waals surface area (Å²) in [6, 6.07) is 3.77. The number of carbonyl (C=O) groups excluding carboxylic acids is 1. The van der Waals surface area contributed by atoms with Gasteiger partial charge in [0, 0.05) is 18.8 Å². The van der Waals surface area contributed by atoms with Crippen LogP contribution >= 0.6 is 0 Å². The van der Waals surface area contributed by atoms with Gasteiger partial charge in [-0.05, 0) is 38.8 Å². The number of nitrogens with one attached hydrogen (secondary N) is 1. The Kier molecular flexibility index (Phi) is 3.15. The first-order chi connectivity index (χ1) is 8.46. The molecule has 1 amide bonds. The maximum atomic E-state index is 12.0. The molecule has 0 saturated heterocycles. The SMILES string of the molecule is CC(C)n1cccc1C(=O)NCC1(C(=O)O)CC1. The van der Waals surface area contributed by atoms with Crippen molar-refractivity contribution in [3.8, 4) is 0 Å². The minimum atomic E-state index is -0.818. The van der Waals surface area contributed by atoms with E-state index in [9.17, 15) is 9.59 Å². The molecular weight excluding hydrogens is 232 g/mol. The standard InChI is InChI=1S/C13H18N2O3/c1-9(2)15-7-3-4-10(15)11(16)14-8-13(5-6-13)12(17)18/h3-4,7,9H,5-6,8H2,1-2H3,(H,14,16)(H,17,18). The fraction of sp³-hybridized carbons (Fsp3) is 0.538. The van der Waals surface area contributed by atoms with E-state index in [2.05, 4.69) is 5.32 Å². The lowest BCUT2D eigenvalue weighted by molar-refractivity contribution is -0.143. The molecule has 1 aromatic rings. The summed E-state index contributed by atoms with van der Waals surface area (Å²) in [5.74, 6) is -1.02. The highest BCUT2D eigenvalue weighted by Crippen LogP contribution is 2.45. The fourth-order valence-corrected chi connectivity index (χ4v) is 1.99. The van der Waals surface area contributed by atoms with Gasteiger partial charge in [-0.15, -0.1) is 0 Å². The molecule has 0 atom stereocenters. The quantitative estimate of drug-likeness (QED) is 0.835. The van der Waals surface area contributed by atoms with Crippen LogP contribution in [0.2, 0.25) is 0 Å². The van der Waals surface area contributed by atoms with Crippen molar-refractivity contribution in [3.63, 3.8) is 0 Å². The van der Waals surface area contributed by atoms with Gasteiger partial charge >= 0.3 is 5.97 Å². The first-order valence-corrected chi connectivity index (χ1v) is 6.15. The van der Waals surface area contributed by atoms with Gasteiger partial charge in [0.15, 0.2) is 0 Å². The van der Waals surface area contributed by atoms with Crippen LogP contribution in [0.3, 0.4) is 0 Å². The first kappa shape index (κ1) is 12.7. The summed E-state index contributed by atoms with van der Waals surface area (Å²) in [7, 11) is 0. The van der Waals surface area contributed by atoms with Crippen LogP contribution in [0.4, 0.5) is 0 Å². The third kappa shape index (κ3) is 2.25. The van der Waals surface area contributed by atoms with E-state index in [1.807, 2.05) is 30.7 Å². The highest BCUT2D eigenvalue weighted by Gasteiger charge is 2.50. The Morgan fingerprint density at radius 2 is 2.17 bits per heavy atom. The second kappa shape index (κ2) is 4.48. The van der Waals surface area contributed by atoms with Crippen molar-refractivity contribution in [1.82, 2.24) is 9.88 Å². The Labute approximate surface area is 106 Å². The van der Waals surface area contributed by atoms with Crippen molar-refractivity contribution in [3.05, 3.63) is 24.0 Å². The van der Waals surface area contributed by atoms with E-state index >= 15 is 0 Å². The summed E-state index contributed by atoms with van der Waals surface area (Å²) < 4.78 is 1.87. The lowest BCUT2D eigenvalue weighted by atomic mass is 10.1. The Hall–Kier alpha value is -1.78. The molecular formula is C13H18N2O3. The molecule has 0 unspecified atom stereocenters. The van der Waals surface area contributed by atoms with Gasteiger partial charge in [-0.25, -0.2) is 0 Å². The van der Waals surface area contributed by atoms with Crippen molar-refractivity contribution in [2.75, 3.05) is 6.54 Å². The molecule has 1 aliphatic carbocycles. The number of carboxylic acids is 1. The highest BCUT2D eigenvalue weighted by atomic mass is 16.4. The van der Waals surface area contributed by atoms with Crippen molar-refractivity contribution in [2.45, 2.75) is 32.7 Å². The maximum Gasteiger partial charge on any atom is 0.311 e. The van der Waals surface area contributed by atoms with Crippen LogP contribution in [-0.4, -0.2) is 28.1 Å². The Morgan fingerprint density at radius 3 is 2.67 bits per heavy atom. The number of hydrogen-bond acceptors (Lipinski definition) is 2. The zero-order valence-corrected chi connectivity index (χ0v) is 10.6. The van der Waals surface area contributed by atoms with E-state index in [0.29, 0.717) is 18.5 Å². The molecule has 98 valence electrons. The lowest BCUT2D eigenvalue weighted by Gasteiger charge is -2.14. The number of carbonyl (C=O) groups is 2. The lowest BCUT2D eigenvalue weighted by Crippen LogP contribution is -2.35. The molecule has 5 nitrogen and oxygen atoms in total. The zero-order chi connectivity index (χ0) is 13.3. The average Bonchev–Trinajstić information content (AvgIpc) is 2.94. The fourth-order valence-electron chi connectivity index (χ4n) is 1.99. The molecule has 1 fully saturated rings. The van der Waals surface area contributed by atoms with E-state index in [1.54, 1.807) is 6.07 Å². The van der Waals surface area contributed by atoms with E-state index in [0.717, 1.165) is 0 Å². The average molecular weight is 250 g/mol. The van der Waals surface area contributed by atoms with Crippen molar-refractivity contribution < 1.29 is 14.7 Å². The summed E-state index contributed by atoms with van der Waals surface area (Å²) in [4.78, 5) is 23.0. The molecule has 0 aliphatic heterocycles. The van der Waals surface area contributed by atoms with Crippen LogP contribution in [0.15, 0.2) is 18.3 Å². The van der Waals surface area contributed by atoms with Gasteiger partial charge in [0.1, 0.15) is 5.69 Å². The van der Waals surface area contributed by atoms with Crippen LogP contribution in [0.25, 0.3) is 0 Å². The summed E-state index contributed by atoms with van der Waals surface area (Å²) in [5, 5.41) is 11.8. The molecule has 2 rings (SSSR count). The monoisotopic (exact) mass is 250 g/mol. The zero-order valence-electron chi connectivity index (χ0n) is 10.6. The molecule has 1 aliphatic rings. The molecule has 1 heterocycles. The van der Waals surface area contributed by atoms with Gasteiger partial charge in [0.05, 0.1) is 5.41 Å². The van der Waals surface area contributed by atoms with Gasteiger partial charge in [-0.2, -0.15) is 0 Å². The molecule has 0 aromatic carbocycles. The normalized spacial score (nSPS) is 16.6. The van der Waals surface area contributed by atoms with Crippen LogP contribution < -0.4 is 5.32 Å². The second-order valence-corrected chi connectivity index (χ2v) is 5.16. The molecule has 18 heavy (non-hydrogen) atoms. The minimum Gasteiger partial charge on any atom is -0.481 e. The smallest absolute Gasteiger partial charge is 0.311 e. The molecule has 1 aromatic heterocycles. The third-order valence-electron chi connectivity index (χ3n) is 3.46. The van der Waals surface area contributed by atoms with E-state index in [4.69, 9.17) is 5.11 Å². The Bertz CT molecular complexity index is 472. The van der Waals surface area contributed by atoms with Crippen molar-refractivity contribution in [2.24, 2.45) is 5.41 Å². The van der Waals surface area contributed by atoms with Gasteiger partial charge < -0.3 is 15.0 Å². The number of amides is 1. The topological polar surface area (TPSA) is 71.3 Å². The molecule has 0 radical (unpaired) electrons. The Balaban J connectivity index is 2.00.